The lowest BCUT2D eigenvalue weighted by Gasteiger charge is -1.93. The fourth-order valence-corrected chi connectivity index (χ4v) is 0.219. The van der Waals surface area contributed by atoms with Crippen LogP contribution in [0.5, 0.6) is 0 Å². The lowest BCUT2D eigenvalue weighted by molar-refractivity contribution is 0.137. The Kier molecular flexibility index (Phi) is 5.14. The van der Waals surface area contributed by atoms with Crippen LogP contribution in [0.4, 0.5) is 0 Å². The first-order chi connectivity index (χ1) is 3.41. The summed E-state index contributed by atoms with van der Waals surface area (Å²) in [5.41, 5.74) is 7.82. The first-order valence-corrected chi connectivity index (χ1v) is 2.04. The van der Waals surface area contributed by atoms with Crippen LogP contribution in [0.1, 0.15) is 6.42 Å². The molecule has 0 bridgehead atoms. The summed E-state index contributed by atoms with van der Waals surface area (Å²) < 4.78 is 0. The molecule has 0 atom stereocenters. The number of hydrogen-bond donors (Lipinski definition) is 1. The fraction of sp³-hybridized carbons (Fsp3) is 1.00. The van der Waals surface area contributed by atoms with Crippen molar-refractivity contribution < 1.29 is 4.84 Å². The van der Waals surface area contributed by atoms with E-state index in [0.717, 1.165) is 0 Å². The number of hydrogen-bond acceptors (Lipinski definition) is 3. The van der Waals surface area contributed by atoms with Crippen molar-refractivity contribution in [3.8, 4) is 0 Å². The molecule has 0 heterocycles. The van der Waals surface area contributed by atoms with Crippen LogP contribution in [0.25, 0.3) is 5.53 Å². The molecule has 0 saturated carbocycles. The fourth-order valence-electron chi connectivity index (χ4n) is 0.219. The molecule has 4 heteroatoms. The summed E-state index contributed by atoms with van der Waals surface area (Å²) in [5, 5.41) is 2.84. The van der Waals surface area contributed by atoms with Crippen LogP contribution in [0.15, 0.2) is 5.11 Å². The monoisotopic (exact) mass is 102 g/mol. The van der Waals surface area contributed by atoms with E-state index in [4.69, 9.17) is 5.53 Å². The van der Waals surface area contributed by atoms with Gasteiger partial charge in [0.25, 0.3) is 0 Å². The predicted molar refractivity (Wildman–Crippen MR) is 25.4 cm³/mol. The van der Waals surface area contributed by atoms with Gasteiger partial charge in [0.15, 0.2) is 0 Å². The van der Waals surface area contributed by atoms with E-state index in [-0.39, 0.29) is 0 Å². The Morgan fingerprint density at radius 3 is 2.86 bits per heavy atom. The van der Waals surface area contributed by atoms with Gasteiger partial charge in [-0.05, 0) is 6.42 Å². The third kappa shape index (κ3) is 5.52. The molecule has 0 spiro atoms. The van der Waals surface area contributed by atoms with Crippen LogP contribution in [0.2, 0.25) is 0 Å². The maximum atomic E-state index is 7.82. The topological polar surface area (TPSA) is 69.9 Å². The van der Waals surface area contributed by atoms with Gasteiger partial charge in [-0.1, -0.05) is 0 Å². The van der Waals surface area contributed by atoms with E-state index in [2.05, 4.69) is 15.8 Å². The molecule has 0 saturated heterocycles. The zero-order valence-corrected chi connectivity index (χ0v) is 4.00. The van der Waals surface area contributed by atoms with E-state index in [1.807, 2.05) is 0 Å². The van der Waals surface area contributed by atoms with Crippen molar-refractivity contribution in [1.29, 1.82) is 0 Å². The first-order valence-electron chi connectivity index (χ1n) is 2.04. The van der Waals surface area contributed by atoms with E-state index >= 15 is 0 Å². The molecule has 0 aliphatic rings. The van der Waals surface area contributed by atoms with Gasteiger partial charge >= 0.3 is 0 Å². The van der Waals surface area contributed by atoms with Gasteiger partial charge < -0.3 is 15.5 Å². The number of nitrogens with two attached hydrogens (primary N) is 1. The summed E-state index contributed by atoms with van der Waals surface area (Å²) in [5.74, 6) is 4.65. The van der Waals surface area contributed by atoms with Gasteiger partial charge in [0.1, 0.15) is 0 Å². The van der Waals surface area contributed by atoms with E-state index < -0.39 is 0 Å². The normalized spacial score (nSPS) is 8.71. The minimum Gasteiger partial charge on any atom is -0.712 e. The Balaban J connectivity index is 2.56. The summed E-state index contributed by atoms with van der Waals surface area (Å²) in [6.07, 6.45) is 0.674. The number of rotatable bonds is 4. The van der Waals surface area contributed by atoms with Crippen molar-refractivity contribution >= 4 is 0 Å². The second kappa shape index (κ2) is 5.52. The second-order valence-electron chi connectivity index (χ2n) is 1.09. The Hall–Kier alpha value is -0.480. The van der Waals surface area contributed by atoms with Crippen LogP contribution in [-0.4, -0.2) is 13.2 Å². The van der Waals surface area contributed by atoms with Gasteiger partial charge in [0.2, 0.25) is 0 Å². The van der Waals surface area contributed by atoms with Crippen LogP contribution >= 0.6 is 0 Å². The lowest BCUT2D eigenvalue weighted by Crippen LogP contribution is -2.01. The van der Waals surface area contributed by atoms with Gasteiger partial charge in [0, 0.05) is 6.54 Å². The standard InChI is InChI=1S/C3H8N3O/c4-6-2-1-3-7-5/h1-3,5H2/q-1. The van der Waals surface area contributed by atoms with Crippen molar-refractivity contribution in [2.24, 2.45) is 11.0 Å². The molecule has 0 unspecified atom stereocenters. The Bertz CT molecular complexity index is 47.4. The summed E-state index contributed by atoms with van der Waals surface area (Å²) >= 11 is 0. The molecule has 0 rings (SSSR count). The van der Waals surface area contributed by atoms with Crippen molar-refractivity contribution in [3.63, 3.8) is 0 Å². The highest BCUT2D eigenvalue weighted by molar-refractivity contribution is 4.37. The lowest BCUT2D eigenvalue weighted by atomic mass is 10.5. The largest absolute Gasteiger partial charge is 0.712 e. The highest BCUT2D eigenvalue weighted by Crippen LogP contribution is 1.77. The summed E-state index contributed by atoms with van der Waals surface area (Å²) in [6, 6.07) is 0. The minimum absolute atomic E-state index is 0.400. The van der Waals surface area contributed by atoms with E-state index in [0.29, 0.717) is 19.6 Å². The summed E-state index contributed by atoms with van der Waals surface area (Å²) in [7, 11) is 0. The molecule has 4 nitrogen and oxygen atoms in total. The van der Waals surface area contributed by atoms with Gasteiger partial charge in [-0.25, -0.2) is 5.90 Å². The average Bonchev–Trinajstić information content (AvgIpc) is 1.69. The average molecular weight is 102 g/mol. The predicted octanol–water partition coefficient (Wildman–Crippen LogP) is 0.288. The molecular formula is C3H8N3O-. The van der Waals surface area contributed by atoms with Crippen LogP contribution in [-0.2, 0) is 4.84 Å². The molecular weight excluding hydrogens is 94.1 g/mol. The Morgan fingerprint density at radius 1 is 1.71 bits per heavy atom. The molecule has 0 aromatic carbocycles. The van der Waals surface area contributed by atoms with Crippen LogP contribution in [0, 0.1) is 0 Å². The number of nitrogens with zero attached hydrogens (tertiary/aromatic N) is 2. The maximum Gasteiger partial charge on any atom is 0.0696 e. The molecule has 0 aliphatic carbocycles. The zero-order valence-electron chi connectivity index (χ0n) is 4.00. The Labute approximate surface area is 42.1 Å². The van der Waals surface area contributed by atoms with Crippen LogP contribution in [0.3, 0.4) is 0 Å². The van der Waals surface area contributed by atoms with Crippen molar-refractivity contribution in [3.05, 3.63) is 5.53 Å². The quantitative estimate of drug-likeness (QED) is 0.315. The molecule has 42 valence electrons. The molecule has 0 aliphatic heterocycles. The molecule has 0 aromatic heterocycles. The van der Waals surface area contributed by atoms with Crippen molar-refractivity contribution in [2.45, 2.75) is 6.42 Å². The third-order valence-electron chi connectivity index (χ3n) is 0.520. The summed E-state index contributed by atoms with van der Waals surface area (Å²) in [4.78, 5) is 4.17. The van der Waals surface area contributed by atoms with Gasteiger partial charge in [0.05, 0.1) is 6.61 Å². The molecule has 2 N–H and O–H groups in total. The van der Waals surface area contributed by atoms with Crippen molar-refractivity contribution in [2.75, 3.05) is 13.2 Å². The zero-order chi connectivity index (χ0) is 5.54. The molecule has 7 heavy (non-hydrogen) atoms. The highest BCUT2D eigenvalue weighted by Gasteiger charge is 1.76. The van der Waals surface area contributed by atoms with Gasteiger partial charge in [-0.15, -0.1) is 0 Å². The molecule has 0 amide bonds. The van der Waals surface area contributed by atoms with Gasteiger partial charge in [-0.3, -0.25) is 0 Å². The Morgan fingerprint density at radius 2 is 2.43 bits per heavy atom. The van der Waals surface area contributed by atoms with Gasteiger partial charge in [-0.2, -0.15) is 0 Å². The third-order valence-corrected chi connectivity index (χ3v) is 0.520. The van der Waals surface area contributed by atoms with E-state index in [1.165, 1.54) is 0 Å². The SMILES string of the molecule is [N-]=NCCCON. The maximum absolute atomic E-state index is 7.82. The van der Waals surface area contributed by atoms with Crippen molar-refractivity contribution in [1.82, 2.24) is 0 Å². The molecule has 0 fully saturated rings. The van der Waals surface area contributed by atoms with E-state index in [9.17, 15) is 0 Å². The first kappa shape index (κ1) is 6.52. The molecule has 0 radical (unpaired) electrons. The minimum atomic E-state index is 0.400. The second-order valence-corrected chi connectivity index (χ2v) is 1.09. The smallest absolute Gasteiger partial charge is 0.0696 e. The molecule has 0 aromatic rings. The van der Waals surface area contributed by atoms with Crippen LogP contribution < -0.4 is 5.90 Å². The highest BCUT2D eigenvalue weighted by atomic mass is 16.6. The van der Waals surface area contributed by atoms with E-state index in [1.54, 1.807) is 0 Å². The summed E-state index contributed by atoms with van der Waals surface area (Å²) in [6.45, 7) is 0.848.